The van der Waals surface area contributed by atoms with Gasteiger partial charge in [0.15, 0.2) is 0 Å². The minimum Gasteiger partial charge on any atom is -0.468 e. The van der Waals surface area contributed by atoms with Gasteiger partial charge < -0.3 is 10.1 Å². The maximum absolute atomic E-state index is 13.8. The van der Waals surface area contributed by atoms with Gasteiger partial charge in [0.05, 0.1) is 12.9 Å². The zero-order valence-electron chi connectivity index (χ0n) is 11.5. The fourth-order valence-corrected chi connectivity index (χ4v) is 2.22. The van der Waals surface area contributed by atoms with E-state index in [0.717, 1.165) is 23.9 Å². The molecule has 0 unspecified atom stereocenters. The van der Waals surface area contributed by atoms with E-state index in [0.29, 0.717) is 17.4 Å². The molecule has 0 aliphatic carbocycles. The fourth-order valence-electron chi connectivity index (χ4n) is 1.47. The molecule has 5 heteroatoms. The first kappa shape index (κ1) is 16.0. The zero-order chi connectivity index (χ0) is 14.3. The number of benzene rings is 1. The summed E-state index contributed by atoms with van der Waals surface area (Å²) in [5.41, 5.74) is 0.903. The van der Waals surface area contributed by atoms with Crippen molar-refractivity contribution >= 4 is 17.7 Å². The van der Waals surface area contributed by atoms with Gasteiger partial charge in [-0.25, -0.2) is 4.39 Å². The normalized spacial score (nSPS) is 10.8. The van der Waals surface area contributed by atoms with Gasteiger partial charge in [0.25, 0.3) is 0 Å². The maximum atomic E-state index is 13.8. The number of thioether (sulfide) groups is 1. The molecule has 0 spiro atoms. The molecule has 0 amide bonds. The van der Waals surface area contributed by atoms with Crippen molar-refractivity contribution in [3.63, 3.8) is 0 Å². The molecule has 3 nitrogen and oxygen atoms in total. The van der Waals surface area contributed by atoms with Crippen molar-refractivity contribution in [2.24, 2.45) is 5.92 Å². The summed E-state index contributed by atoms with van der Waals surface area (Å²) in [7, 11) is 1.32. The number of ether oxygens (including phenoxy) is 1. The smallest absolute Gasteiger partial charge is 0.315 e. The molecule has 0 saturated heterocycles. The predicted octanol–water partition coefficient (Wildman–Crippen LogP) is 2.84. The Morgan fingerprint density at radius 3 is 2.79 bits per heavy atom. The molecule has 19 heavy (non-hydrogen) atoms. The van der Waals surface area contributed by atoms with Gasteiger partial charge in [-0.1, -0.05) is 19.9 Å². The molecule has 1 N–H and O–H groups in total. The van der Waals surface area contributed by atoms with Crippen LogP contribution in [-0.4, -0.2) is 25.4 Å². The second-order valence-corrected chi connectivity index (χ2v) is 5.67. The number of hydrogen-bond acceptors (Lipinski definition) is 4. The summed E-state index contributed by atoms with van der Waals surface area (Å²) in [6.45, 7) is 5.80. The van der Waals surface area contributed by atoms with Gasteiger partial charge in [-0.3, -0.25) is 4.79 Å². The van der Waals surface area contributed by atoms with Crippen molar-refractivity contribution in [3.05, 3.63) is 29.6 Å². The molecular formula is C14H20FNO2S. The van der Waals surface area contributed by atoms with Crippen LogP contribution in [0.2, 0.25) is 0 Å². The first-order chi connectivity index (χ1) is 9.02. The highest BCUT2D eigenvalue weighted by Crippen LogP contribution is 2.22. The van der Waals surface area contributed by atoms with Gasteiger partial charge in [0.2, 0.25) is 0 Å². The van der Waals surface area contributed by atoms with Crippen LogP contribution in [0.25, 0.3) is 0 Å². The molecule has 1 aromatic rings. The molecule has 0 bridgehead atoms. The number of carbonyl (C=O) groups is 1. The average molecular weight is 285 g/mol. The third kappa shape index (κ3) is 6.07. The van der Waals surface area contributed by atoms with Crippen molar-refractivity contribution in [2.45, 2.75) is 25.3 Å². The van der Waals surface area contributed by atoms with Crippen molar-refractivity contribution < 1.29 is 13.9 Å². The second-order valence-electron chi connectivity index (χ2n) is 4.65. The Kier molecular flexibility index (Phi) is 6.87. The SMILES string of the molecule is COC(=O)CSc1ccc(CNCC(C)C)cc1F. The summed E-state index contributed by atoms with van der Waals surface area (Å²) in [6.07, 6.45) is 0. The number of rotatable bonds is 7. The van der Waals surface area contributed by atoms with Gasteiger partial charge in [-0.2, -0.15) is 0 Å². The largest absolute Gasteiger partial charge is 0.468 e. The zero-order valence-corrected chi connectivity index (χ0v) is 12.3. The highest BCUT2D eigenvalue weighted by atomic mass is 32.2. The summed E-state index contributed by atoms with van der Waals surface area (Å²) in [6, 6.07) is 5.08. The maximum Gasteiger partial charge on any atom is 0.315 e. The van der Waals surface area contributed by atoms with Crippen molar-refractivity contribution in [1.82, 2.24) is 5.32 Å². The van der Waals surface area contributed by atoms with E-state index in [-0.39, 0.29) is 17.5 Å². The third-order valence-electron chi connectivity index (χ3n) is 2.45. The van der Waals surface area contributed by atoms with E-state index in [2.05, 4.69) is 23.9 Å². The molecule has 0 radical (unpaired) electrons. The first-order valence-electron chi connectivity index (χ1n) is 6.21. The molecule has 106 valence electrons. The van der Waals surface area contributed by atoms with Crippen molar-refractivity contribution in [1.29, 1.82) is 0 Å². The number of esters is 1. The summed E-state index contributed by atoms with van der Waals surface area (Å²) in [4.78, 5) is 11.5. The predicted molar refractivity (Wildman–Crippen MR) is 75.7 cm³/mol. The Hall–Kier alpha value is -1.07. The molecule has 0 aromatic heterocycles. The first-order valence-corrected chi connectivity index (χ1v) is 7.20. The Morgan fingerprint density at radius 1 is 1.47 bits per heavy atom. The van der Waals surface area contributed by atoms with E-state index < -0.39 is 0 Å². The second kappa shape index (κ2) is 8.17. The Labute approximate surface area is 117 Å². The van der Waals surface area contributed by atoms with Crippen molar-refractivity contribution in [3.8, 4) is 0 Å². The van der Waals surface area contributed by atoms with E-state index in [9.17, 15) is 9.18 Å². The molecule has 1 rings (SSSR count). The average Bonchev–Trinajstić information content (AvgIpc) is 2.37. The lowest BCUT2D eigenvalue weighted by molar-refractivity contribution is -0.137. The number of halogens is 1. The van der Waals surface area contributed by atoms with Crippen LogP contribution >= 0.6 is 11.8 Å². The summed E-state index contributed by atoms with van der Waals surface area (Å²) >= 11 is 1.15. The van der Waals surface area contributed by atoms with Crippen LogP contribution in [0.3, 0.4) is 0 Å². The molecule has 1 aromatic carbocycles. The lowest BCUT2D eigenvalue weighted by atomic mass is 10.2. The third-order valence-corrected chi connectivity index (χ3v) is 3.47. The summed E-state index contributed by atoms with van der Waals surface area (Å²) in [5.74, 6) is 0.0443. The van der Waals surface area contributed by atoms with Gasteiger partial charge in [-0.05, 0) is 30.2 Å². The summed E-state index contributed by atoms with van der Waals surface area (Å²) in [5, 5.41) is 3.26. The van der Waals surface area contributed by atoms with Gasteiger partial charge >= 0.3 is 5.97 Å². The van der Waals surface area contributed by atoms with Crippen molar-refractivity contribution in [2.75, 3.05) is 19.4 Å². The van der Waals surface area contributed by atoms with E-state index in [1.54, 1.807) is 6.07 Å². The number of nitrogens with one attached hydrogen (secondary N) is 1. The van der Waals surface area contributed by atoms with Crippen LogP contribution < -0.4 is 5.32 Å². The monoisotopic (exact) mass is 285 g/mol. The van der Waals surface area contributed by atoms with E-state index >= 15 is 0 Å². The Morgan fingerprint density at radius 2 is 2.21 bits per heavy atom. The quantitative estimate of drug-likeness (QED) is 0.617. The highest BCUT2D eigenvalue weighted by Gasteiger charge is 2.07. The van der Waals surface area contributed by atoms with Crippen LogP contribution in [0, 0.1) is 11.7 Å². The fraction of sp³-hybridized carbons (Fsp3) is 0.500. The standard InChI is InChI=1S/C14H20FNO2S/c1-10(2)7-16-8-11-4-5-13(12(15)6-11)19-9-14(17)18-3/h4-6,10,16H,7-9H2,1-3H3. The summed E-state index contributed by atoms with van der Waals surface area (Å²) < 4.78 is 18.3. The topological polar surface area (TPSA) is 38.3 Å². The van der Waals surface area contributed by atoms with Crippen LogP contribution in [-0.2, 0) is 16.1 Å². The van der Waals surface area contributed by atoms with E-state index in [1.807, 2.05) is 6.07 Å². The minimum absolute atomic E-state index is 0.123. The molecule has 0 atom stereocenters. The Bertz CT molecular complexity index is 424. The van der Waals surface area contributed by atoms with Crippen LogP contribution in [0.5, 0.6) is 0 Å². The minimum atomic E-state index is -0.355. The molecule has 0 aliphatic rings. The molecule has 0 aliphatic heterocycles. The Balaban J connectivity index is 2.51. The van der Waals surface area contributed by atoms with Gasteiger partial charge in [0.1, 0.15) is 5.82 Å². The molecule has 0 heterocycles. The van der Waals surface area contributed by atoms with E-state index in [4.69, 9.17) is 0 Å². The number of hydrogen-bond donors (Lipinski definition) is 1. The molecule has 0 saturated carbocycles. The van der Waals surface area contributed by atoms with Gasteiger partial charge in [0, 0.05) is 11.4 Å². The van der Waals surface area contributed by atoms with Gasteiger partial charge in [-0.15, -0.1) is 11.8 Å². The lowest BCUT2D eigenvalue weighted by Gasteiger charge is -2.09. The number of carbonyl (C=O) groups excluding carboxylic acids is 1. The van der Waals surface area contributed by atoms with Crippen LogP contribution in [0.1, 0.15) is 19.4 Å². The number of methoxy groups -OCH3 is 1. The lowest BCUT2D eigenvalue weighted by Crippen LogP contribution is -2.19. The highest BCUT2D eigenvalue weighted by molar-refractivity contribution is 8.00. The molecule has 0 fully saturated rings. The van der Waals surface area contributed by atoms with E-state index in [1.165, 1.54) is 13.2 Å². The van der Waals surface area contributed by atoms with Crippen LogP contribution in [0.15, 0.2) is 23.1 Å². The molecular weight excluding hydrogens is 265 g/mol. The van der Waals surface area contributed by atoms with Crippen LogP contribution in [0.4, 0.5) is 4.39 Å².